The van der Waals surface area contributed by atoms with E-state index in [1.807, 2.05) is 0 Å². The van der Waals surface area contributed by atoms with Crippen molar-refractivity contribution in [2.75, 3.05) is 13.1 Å². The molecular formula is C19H29N3O4S. The lowest BCUT2D eigenvalue weighted by molar-refractivity contribution is -0.132. The van der Waals surface area contributed by atoms with E-state index in [0.717, 1.165) is 25.7 Å². The number of hydrogen-bond donors (Lipinski definition) is 2. The van der Waals surface area contributed by atoms with Gasteiger partial charge in [0.1, 0.15) is 0 Å². The molecule has 0 spiro atoms. The molecule has 1 aliphatic rings. The molecule has 0 saturated carbocycles. The maximum atomic E-state index is 12.7. The quantitative estimate of drug-likeness (QED) is 0.734. The number of amides is 2. The van der Waals surface area contributed by atoms with Crippen LogP contribution in [0.4, 0.5) is 0 Å². The Morgan fingerprint density at radius 3 is 2.48 bits per heavy atom. The highest BCUT2D eigenvalue weighted by molar-refractivity contribution is 7.89. The normalized spacial score (nSPS) is 19.3. The van der Waals surface area contributed by atoms with Crippen LogP contribution in [0, 0.1) is 5.92 Å². The fraction of sp³-hybridized carbons (Fsp3) is 0.579. The van der Waals surface area contributed by atoms with Gasteiger partial charge < -0.3 is 10.6 Å². The van der Waals surface area contributed by atoms with Crippen molar-refractivity contribution >= 4 is 21.8 Å². The molecule has 1 aromatic carbocycles. The predicted octanol–water partition coefficient (Wildman–Crippen LogP) is 1.88. The van der Waals surface area contributed by atoms with Gasteiger partial charge in [-0.05, 0) is 56.4 Å². The Kier molecular flexibility index (Phi) is 7.38. The highest BCUT2D eigenvalue weighted by Gasteiger charge is 2.27. The molecule has 1 saturated heterocycles. The maximum Gasteiger partial charge on any atom is 0.248 e. The van der Waals surface area contributed by atoms with E-state index in [-0.39, 0.29) is 16.4 Å². The number of nitrogens with one attached hydrogen (secondary N) is 1. The van der Waals surface area contributed by atoms with Crippen molar-refractivity contribution in [1.29, 1.82) is 0 Å². The van der Waals surface area contributed by atoms with Crippen molar-refractivity contribution < 1.29 is 18.0 Å². The van der Waals surface area contributed by atoms with Crippen LogP contribution in [-0.2, 0) is 14.8 Å². The molecule has 1 fully saturated rings. The summed E-state index contributed by atoms with van der Waals surface area (Å²) in [6, 6.07) is 4.47. The topological polar surface area (TPSA) is 110 Å². The average molecular weight is 396 g/mol. The van der Waals surface area contributed by atoms with E-state index >= 15 is 0 Å². The summed E-state index contributed by atoms with van der Waals surface area (Å²) in [5.41, 5.74) is 5.39. The van der Waals surface area contributed by atoms with Crippen molar-refractivity contribution in [2.24, 2.45) is 11.7 Å². The molecule has 0 aromatic heterocycles. The summed E-state index contributed by atoms with van der Waals surface area (Å²) in [4.78, 5) is 25.6. The zero-order valence-electron chi connectivity index (χ0n) is 16.0. The second-order valence-electron chi connectivity index (χ2n) is 7.14. The average Bonchev–Trinajstić information content (AvgIpc) is 2.86. The number of primary amides is 1. The monoisotopic (exact) mass is 395 g/mol. The minimum absolute atomic E-state index is 0.00831. The van der Waals surface area contributed by atoms with E-state index in [2.05, 4.69) is 11.6 Å². The molecule has 0 bridgehead atoms. The first kappa shape index (κ1) is 21.4. The molecule has 1 aromatic rings. The van der Waals surface area contributed by atoms with Gasteiger partial charge in [-0.25, -0.2) is 8.42 Å². The van der Waals surface area contributed by atoms with Gasteiger partial charge in [0.15, 0.2) is 0 Å². The molecule has 0 aliphatic carbocycles. The Morgan fingerprint density at radius 2 is 1.89 bits per heavy atom. The SMILES string of the molecule is CCC[C@@H]1CCCN(C(=O)[C@@H](C)NS(=O)(=O)c2ccc(C(N)=O)cc2)CC1. The second kappa shape index (κ2) is 9.32. The van der Waals surface area contributed by atoms with Gasteiger partial charge in [0.05, 0.1) is 10.9 Å². The number of sulfonamides is 1. The number of rotatable bonds is 7. The Hall–Kier alpha value is -1.93. The number of carbonyl (C=O) groups is 2. The summed E-state index contributed by atoms with van der Waals surface area (Å²) >= 11 is 0. The maximum absolute atomic E-state index is 12.7. The third-order valence-corrected chi connectivity index (χ3v) is 6.56. The highest BCUT2D eigenvalue weighted by Crippen LogP contribution is 2.22. The lowest BCUT2D eigenvalue weighted by atomic mass is 9.96. The van der Waals surface area contributed by atoms with Gasteiger partial charge in [0.25, 0.3) is 0 Å². The molecule has 3 N–H and O–H groups in total. The van der Waals surface area contributed by atoms with Crippen molar-refractivity contribution in [3.05, 3.63) is 29.8 Å². The molecule has 7 nitrogen and oxygen atoms in total. The lowest BCUT2D eigenvalue weighted by Crippen LogP contribution is -2.47. The van der Waals surface area contributed by atoms with Gasteiger partial charge in [-0.2, -0.15) is 4.72 Å². The largest absolute Gasteiger partial charge is 0.366 e. The minimum Gasteiger partial charge on any atom is -0.366 e. The molecule has 2 atom stereocenters. The number of benzene rings is 1. The fourth-order valence-electron chi connectivity index (χ4n) is 3.51. The summed E-state index contributed by atoms with van der Waals surface area (Å²) in [6.07, 6.45) is 5.34. The fourth-order valence-corrected chi connectivity index (χ4v) is 4.70. The van der Waals surface area contributed by atoms with Crippen molar-refractivity contribution in [3.63, 3.8) is 0 Å². The van der Waals surface area contributed by atoms with Crippen LogP contribution in [0.25, 0.3) is 0 Å². The van der Waals surface area contributed by atoms with Gasteiger partial charge in [0, 0.05) is 18.7 Å². The molecule has 0 radical (unpaired) electrons. The first-order chi connectivity index (χ1) is 12.7. The molecular weight excluding hydrogens is 366 g/mol. The van der Waals surface area contributed by atoms with Gasteiger partial charge >= 0.3 is 0 Å². The van der Waals surface area contributed by atoms with Crippen LogP contribution < -0.4 is 10.5 Å². The number of carbonyl (C=O) groups excluding carboxylic acids is 2. The number of nitrogens with two attached hydrogens (primary N) is 1. The number of likely N-dealkylation sites (tertiary alicyclic amines) is 1. The smallest absolute Gasteiger partial charge is 0.248 e. The summed E-state index contributed by atoms with van der Waals surface area (Å²) in [5.74, 6) is -0.189. The molecule has 27 heavy (non-hydrogen) atoms. The van der Waals surface area contributed by atoms with Crippen molar-refractivity contribution in [1.82, 2.24) is 9.62 Å². The zero-order valence-corrected chi connectivity index (χ0v) is 16.8. The molecule has 0 unspecified atom stereocenters. The second-order valence-corrected chi connectivity index (χ2v) is 8.86. The van der Waals surface area contributed by atoms with Crippen LogP contribution in [0.1, 0.15) is 56.3 Å². The Balaban J connectivity index is 2.01. The minimum atomic E-state index is -3.86. The van der Waals surface area contributed by atoms with E-state index in [9.17, 15) is 18.0 Å². The molecule has 2 rings (SSSR count). The van der Waals surface area contributed by atoms with Gasteiger partial charge in [-0.3, -0.25) is 9.59 Å². The molecule has 1 heterocycles. The van der Waals surface area contributed by atoms with Gasteiger partial charge in [0.2, 0.25) is 21.8 Å². The van der Waals surface area contributed by atoms with Crippen LogP contribution in [0.2, 0.25) is 0 Å². The van der Waals surface area contributed by atoms with E-state index < -0.39 is 22.0 Å². The van der Waals surface area contributed by atoms with Crippen LogP contribution in [0.5, 0.6) is 0 Å². The Morgan fingerprint density at radius 1 is 1.22 bits per heavy atom. The Labute approximate surface area is 161 Å². The summed E-state index contributed by atoms with van der Waals surface area (Å²) in [6.45, 7) is 5.06. The van der Waals surface area contributed by atoms with Crippen molar-refractivity contribution in [3.8, 4) is 0 Å². The molecule has 1 aliphatic heterocycles. The van der Waals surface area contributed by atoms with E-state index in [1.165, 1.54) is 30.7 Å². The zero-order chi connectivity index (χ0) is 20.0. The third-order valence-electron chi connectivity index (χ3n) is 5.01. The molecule has 8 heteroatoms. The molecule has 150 valence electrons. The first-order valence-electron chi connectivity index (χ1n) is 9.45. The van der Waals surface area contributed by atoms with Gasteiger partial charge in [-0.15, -0.1) is 0 Å². The predicted molar refractivity (Wildman–Crippen MR) is 104 cm³/mol. The van der Waals surface area contributed by atoms with E-state index in [1.54, 1.807) is 11.8 Å². The first-order valence-corrected chi connectivity index (χ1v) is 10.9. The molecule has 2 amide bonds. The highest BCUT2D eigenvalue weighted by atomic mass is 32.2. The summed E-state index contributed by atoms with van der Waals surface area (Å²) in [5, 5.41) is 0. The van der Waals surface area contributed by atoms with Crippen LogP contribution in [-0.4, -0.2) is 44.3 Å². The number of nitrogens with zero attached hydrogens (tertiary/aromatic N) is 1. The summed E-state index contributed by atoms with van der Waals surface area (Å²) in [7, 11) is -3.86. The van der Waals surface area contributed by atoms with Crippen LogP contribution in [0.3, 0.4) is 0 Å². The van der Waals surface area contributed by atoms with Crippen LogP contribution >= 0.6 is 0 Å². The Bertz CT molecular complexity index is 762. The lowest BCUT2D eigenvalue weighted by Gasteiger charge is -2.25. The van der Waals surface area contributed by atoms with Crippen molar-refractivity contribution in [2.45, 2.75) is 56.9 Å². The van der Waals surface area contributed by atoms with Gasteiger partial charge in [-0.1, -0.05) is 19.8 Å². The number of hydrogen-bond acceptors (Lipinski definition) is 4. The van der Waals surface area contributed by atoms with Crippen LogP contribution in [0.15, 0.2) is 29.2 Å². The third kappa shape index (κ3) is 5.77. The van der Waals surface area contributed by atoms with E-state index in [0.29, 0.717) is 19.0 Å². The standard InChI is InChI=1S/C19H29N3O4S/c1-3-5-15-6-4-12-22(13-11-15)19(24)14(2)21-27(25,26)17-9-7-16(8-10-17)18(20)23/h7-10,14-15,21H,3-6,11-13H2,1-2H3,(H2,20,23)/t14-,15-/m1/s1. The summed E-state index contributed by atoms with van der Waals surface area (Å²) < 4.78 is 27.5. The van der Waals surface area contributed by atoms with E-state index in [4.69, 9.17) is 5.73 Å².